The Hall–Kier alpha value is -4.94. The van der Waals surface area contributed by atoms with Gasteiger partial charge in [0.2, 0.25) is 18.1 Å². The van der Waals surface area contributed by atoms with Crippen molar-refractivity contribution < 1.29 is 44.2 Å². The van der Waals surface area contributed by atoms with Crippen molar-refractivity contribution in [3.63, 3.8) is 0 Å². The third-order valence-corrected chi connectivity index (χ3v) is 8.30. The SMILES string of the molecule is NC(N)=NCCCCNC(=O)/C=C/c1ccc2c(c1)[C@H](C(=O)NCCCCN=C(N)N)[C@H](c1ccc(O[C@@H]3O[C@H](CO)[C@@H](O)[C@H](O)[C@H]3O)cc1)O2. The van der Waals surface area contributed by atoms with E-state index in [4.69, 9.17) is 37.1 Å². The lowest BCUT2D eigenvalue weighted by Crippen LogP contribution is -2.60. The minimum Gasteiger partial charge on any atom is -0.484 e. The molecular weight excluding hydrogens is 664 g/mol. The van der Waals surface area contributed by atoms with Crippen LogP contribution in [0.5, 0.6) is 11.5 Å². The number of unbranched alkanes of at least 4 members (excludes halogenated alkanes) is 2. The second-order valence-electron chi connectivity index (χ2n) is 12.1. The van der Waals surface area contributed by atoms with Gasteiger partial charge in [0.05, 0.1) is 6.61 Å². The highest BCUT2D eigenvalue weighted by atomic mass is 16.7. The average molecular weight is 713 g/mol. The number of hydrogen-bond acceptors (Lipinski definition) is 11. The van der Waals surface area contributed by atoms with Gasteiger partial charge >= 0.3 is 0 Å². The van der Waals surface area contributed by atoms with Crippen molar-refractivity contribution in [1.29, 1.82) is 0 Å². The minimum atomic E-state index is -1.58. The number of carbonyl (C=O) groups excluding carboxylic acids is 2. The molecule has 0 bridgehead atoms. The van der Waals surface area contributed by atoms with E-state index >= 15 is 0 Å². The zero-order valence-corrected chi connectivity index (χ0v) is 28.1. The molecule has 17 nitrogen and oxygen atoms in total. The number of fused-ring (bicyclic) bond motifs is 1. The molecule has 1 saturated heterocycles. The molecule has 2 aromatic rings. The summed E-state index contributed by atoms with van der Waals surface area (Å²) < 4.78 is 17.5. The number of nitrogens with one attached hydrogen (secondary N) is 2. The van der Waals surface area contributed by atoms with E-state index in [1.165, 1.54) is 6.08 Å². The number of rotatable bonds is 17. The van der Waals surface area contributed by atoms with Crippen LogP contribution >= 0.6 is 0 Å². The Morgan fingerprint density at radius 1 is 0.843 bits per heavy atom. The molecule has 4 rings (SSSR count). The number of nitrogens with two attached hydrogens (primary N) is 4. The molecule has 278 valence electrons. The molecule has 0 radical (unpaired) electrons. The molecule has 0 spiro atoms. The number of carbonyl (C=O) groups is 2. The molecule has 0 aromatic heterocycles. The summed E-state index contributed by atoms with van der Waals surface area (Å²) in [4.78, 5) is 34.0. The Bertz CT molecular complexity index is 1540. The van der Waals surface area contributed by atoms with Crippen LogP contribution in [-0.4, -0.2) is 108 Å². The molecule has 2 heterocycles. The van der Waals surface area contributed by atoms with Gasteiger partial charge in [0, 0.05) is 37.8 Å². The molecule has 2 amide bonds. The van der Waals surface area contributed by atoms with Crippen LogP contribution in [0.3, 0.4) is 0 Å². The predicted octanol–water partition coefficient (Wildman–Crippen LogP) is -1.56. The fourth-order valence-corrected chi connectivity index (χ4v) is 5.62. The summed E-state index contributed by atoms with van der Waals surface area (Å²) in [6.45, 7) is 1.18. The van der Waals surface area contributed by atoms with Crippen molar-refractivity contribution in [3.05, 3.63) is 65.2 Å². The Balaban J connectivity index is 1.46. The molecule has 2 aliphatic rings. The molecule has 2 aliphatic heterocycles. The Kier molecular flexibility index (Phi) is 14.4. The minimum absolute atomic E-state index is 0.00745. The Morgan fingerprint density at radius 2 is 1.49 bits per heavy atom. The van der Waals surface area contributed by atoms with Crippen LogP contribution in [0.2, 0.25) is 0 Å². The summed E-state index contributed by atoms with van der Waals surface area (Å²) in [5.41, 5.74) is 23.4. The van der Waals surface area contributed by atoms with Gasteiger partial charge in [-0.1, -0.05) is 18.2 Å². The lowest BCUT2D eigenvalue weighted by Gasteiger charge is -2.39. The molecular formula is C34H48N8O9. The standard InChI is InChI=1S/C34H48N8O9/c35-33(36)41-15-3-1-13-39-25(44)12-6-19-5-11-23-22(17-19)26(31(48)40-14-2-4-16-42-34(37)38)30(50-23)20-7-9-21(10-8-20)49-32-29(47)28(46)27(45)24(18-43)51-32/h5-12,17,24,26-30,32,43,45-47H,1-4,13-16,18H2,(H,39,44)(H,40,48)(H4,35,36,41)(H4,37,38,42)/b12-6+/t24-,26+,27-,28+,29-,30+,32-/m1/s1. The fraction of sp³-hybridized carbons (Fsp3) is 0.471. The number of aliphatic hydroxyl groups is 4. The molecule has 0 unspecified atom stereocenters. The number of guanidine groups is 2. The van der Waals surface area contributed by atoms with Gasteiger partial charge in [0.25, 0.3) is 0 Å². The van der Waals surface area contributed by atoms with Crippen LogP contribution in [0.1, 0.15) is 54.4 Å². The van der Waals surface area contributed by atoms with Crippen molar-refractivity contribution in [2.45, 2.75) is 68.4 Å². The normalized spacial score (nSPS) is 23.9. The molecule has 1 fully saturated rings. The van der Waals surface area contributed by atoms with Gasteiger partial charge in [-0.05, 0) is 67.2 Å². The first-order valence-corrected chi connectivity index (χ1v) is 16.7. The van der Waals surface area contributed by atoms with Gasteiger partial charge in [0.15, 0.2) is 11.9 Å². The molecule has 0 saturated carbocycles. The van der Waals surface area contributed by atoms with E-state index in [1.807, 2.05) is 6.07 Å². The van der Waals surface area contributed by atoms with Crippen LogP contribution in [0.15, 0.2) is 58.5 Å². The maximum atomic E-state index is 13.7. The number of ether oxygens (including phenoxy) is 3. The number of aliphatic hydroxyl groups excluding tert-OH is 4. The molecule has 2 aromatic carbocycles. The summed E-state index contributed by atoms with van der Waals surface area (Å²) in [7, 11) is 0. The summed E-state index contributed by atoms with van der Waals surface area (Å²) in [6, 6.07) is 11.9. The first-order chi connectivity index (χ1) is 24.5. The van der Waals surface area contributed by atoms with Crippen molar-refractivity contribution in [3.8, 4) is 11.5 Å². The van der Waals surface area contributed by atoms with Crippen molar-refractivity contribution in [2.75, 3.05) is 32.8 Å². The first-order valence-electron chi connectivity index (χ1n) is 16.7. The number of hydrogen-bond donors (Lipinski definition) is 10. The zero-order chi connectivity index (χ0) is 36.9. The molecule has 7 atom stereocenters. The third-order valence-electron chi connectivity index (χ3n) is 8.30. The van der Waals surface area contributed by atoms with E-state index in [2.05, 4.69) is 20.6 Å². The van der Waals surface area contributed by atoms with Gasteiger partial charge in [0.1, 0.15) is 47.9 Å². The maximum Gasteiger partial charge on any atom is 0.243 e. The van der Waals surface area contributed by atoms with E-state index in [0.29, 0.717) is 67.9 Å². The highest BCUT2D eigenvalue weighted by Gasteiger charge is 2.45. The van der Waals surface area contributed by atoms with Crippen LogP contribution < -0.4 is 43.0 Å². The molecule has 51 heavy (non-hydrogen) atoms. The second kappa shape index (κ2) is 18.9. The van der Waals surface area contributed by atoms with Crippen LogP contribution in [-0.2, 0) is 14.3 Å². The molecule has 0 aliphatic carbocycles. The van der Waals surface area contributed by atoms with Gasteiger partial charge in [-0.3, -0.25) is 19.6 Å². The van der Waals surface area contributed by atoms with Crippen LogP contribution in [0.4, 0.5) is 0 Å². The lowest BCUT2D eigenvalue weighted by molar-refractivity contribution is -0.277. The topological polar surface area (TPSA) is 296 Å². The molecule has 17 heteroatoms. The van der Waals surface area contributed by atoms with Crippen molar-refractivity contribution in [1.82, 2.24) is 10.6 Å². The first kappa shape index (κ1) is 38.9. The number of nitrogens with zero attached hydrogens (tertiary/aromatic N) is 2. The smallest absolute Gasteiger partial charge is 0.243 e. The summed E-state index contributed by atoms with van der Waals surface area (Å²) in [5, 5.41) is 45.8. The van der Waals surface area contributed by atoms with E-state index in [0.717, 1.165) is 6.42 Å². The monoisotopic (exact) mass is 712 g/mol. The quantitative estimate of drug-likeness (QED) is 0.0385. The van der Waals surface area contributed by atoms with Crippen LogP contribution in [0, 0.1) is 0 Å². The van der Waals surface area contributed by atoms with Gasteiger partial charge in [-0.2, -0.15) is 0 Å². The van der Waals surface area contributed by atoms with Crippen molar-refractivity contribution in [2.24, 2.45) is 32.9 Å². The number of benzene rings is 2. The summed E-state index contributed by atoms with van der Waals surface area (Å²) >= 11 is 0. The third kappa shape index (κ3) is 11.0. The number of aliphatic imine (C=N–C) groups is 2. The van der Waals surface area contributed by atoms with Gasteiger partial charge in [-0.25, -0.2) is 0 Å². The summed E-state index contributed by atoms with van der Waals surface area (Å²) in [6.07, 6.45) is -2.03. The highest BCUT2D eigenvalue weighted by molar-refractivity contribution is 5.92. The van der Waals surface area contributed by atoms with E-state index in [9.17, 15) is 30.0 Å². The Morgan fingerprint density at radius 3 is 2.12 bits per heavy atom. The van der Waals surface area contributed by atoms with Crippen molar-refractivity contribution >= 4 is 29.8 Å². The average Bonchev–Trinajstić information content (AvgIpc) is 3.49. The lowest BCUT2D eigenvalue weighted by atomic mass is 9.89. The zero-order valence-electron chi connectivity index (χ0n) is 28.1. The fourth-order valence-electron chi connectivity index (χ4n) is 5.62. The van der Waals surface area contributed by atoms with E-state index < -0.39 is 49.3 Å². The second-order valence-corrected chi connectivity index (χ2v) is 12.1. The predicted molar refractivity (Wildman–Crippen MR) is 188 cm³/mol. The van der Waals surface area contributed by atoms with Crippen LogP contribution in [0.25, 0.3) is 6.08 Å². The molecule has 14 N–H and O–H groups in total. The van der Waals surface area contributed by atoms with Gasteiger partial charge in [-0.15, -0.1) is 0 Å². The maximum absolute atomic E-state index is 13.7. The number of amides is 2. The van der Waals surface area contributed by atoms with Gasteiger partial charge < -0.3 is 68.2 Å². The van der Waals surface area contributed by atoms with E-state index in [-0.39, 0.29) is 29.5 Å². The highest BCUT2D eigenvalue weighted by Crippen LogP contribution is 2.47. The summed E-state index contributed by atoms with van der Waals surface area (Å²) in [5.74, 6) is -0.466. The largest absolute Gasteiger partial charge is 0.484 e. The Labute approximate surface area is 295 Å². The van der Waals surface area contributed by atoms with E-state index in [1.54, 1.807) is 42.5 Å².